The quantitative estimate of drug-likeness (QED) is 0.603. The molecule has 0 unspecified atom stereocenters. The van der Waals surface area contributed by atoms with Gasteiger partial charge in [-0.2, -0.15) is 4.98 Å². The van der Waals surface area contributed by atoms with Gasteiger partial charge >= 0.3 is 0 Å². The number of anilines is 3. The summed E-state index contributed by atoms with van der Waals surface area (Å²) in [5.41, 5.74) is 3.07. The van der Waals surface area contributed by atoms with Crippen LogP contribution >= 0.6 is 0 Å². The highest BCUT2D eigenvalue weighted by molar-refractivity contribution is 5.59. The van der Waals surface area contributed by atoms with Gasteiger partial charge in [-0.25, -0.2) is 4.98 Å². The molecule has 0 aliphatic heterocycles. The van der Waals surface area contributed by atoms with Crippen LogP contribution in [-0.4, -0.2) is 37.7 Å². The number of nitrogens with one attached hydrogen (secondary N) is 3. The van der Waals surface area contributed by atoms with E-state index >= 15 is 0 Å². The van der Waals surface area contributed by atoms with Crippen LogP contribution in [0.5, 0.6) is 5.75 Å². The molecule has 1 aromatic carbocycles. The zero-order valence-corrected chi connectivity index (χ0v) is 15.8. The first kappa shape index (κ1) is 19.0. The fourth-order valence-electron chi connectivity index (χ4n) is 2.82. The van der Waals surface area contributed by atoms with Gasteiger partial charge in [-0.05, 0) is 63.0 Å². The summed E-state index contributed by atoms with van der Waals surface area (Å²) in [6.07, 6.45) is 2.23. The maximum absolute atomic E-state index is 5.55. The van der Waals surface area contributed by atoms with Crippen LogP contribution in [0.4, 0.5) is 17.5 Å². The monoisotopic (exact) mass is 343 g/mol. The summed E-state index contributed by atoms with van der Waals surface area (Å²) in [5, 5.41) is 9.55. The SMILES string of the molecule is CNCCC[C@H](C)c1cc(Nc2nc(C)cc(NC)n2)ccc1OC. The predicted molar refractivity (Wildman–Crippen MR) is 104 cm³/mol. The molecule has 0 radical (unpaired) electrons. The number of benzene rings is 1. The van der Waals surface area contributed by atoms with Gasteiger partial charge in [-0.1, -0.05) is 6.92 Å². The molecular weight excluding hydrogens is 314 g/mol. The lowest BCUT2D eigenvalue weighted by molar-refractivity contribution is 0.404. The van der Waals surface area contributed by atoms with Crippen molar-refractivity contribution in [3.8, 4) is 5.75 Å². The van der Waals surface area contributed by atoms with E-state index in [2.05, 4.69) is 38.9 Å². The number of aryl methyl sites for hydroxylation is 1. The van der Waals surface area contributed by atoms with Crippen molar-refractivity contribution in [1.29, 1.82) is 0 Å². The lowest BCUT2D eigenvalue weighted by atomic mass is 9.94. The Morgan fingerprint density at radius 3 is 2.64 bits per heavy atom. The van der Waals surface area contributed by atoms with Crippen LogP contribution in [0.2, 0.25) is 0 Å². The fourth-order valence-corrected chi connectivity index (χ4v) is 2.82. The van der Waals surface area contributed by atoms with Gasteiger partial charge in [0.25, 0.3) is 0 Å². The third-order valence-corrected chi connectivity index (χ3v) is 4.19. The third kappa shape index (κ3) is 5.32. The lowest BCUT2D eigenvalue weighted by Crippen LogP contribution is -2.09. The maximum Gasteiger partial charge on any atom is 0.229 e. The minimum Gasteiger partial charge on any atom is -0.496 e. The molecule has 0 saturated carbocycles. The Kier molecular flexibility index (Phi) is 7.01. The van der Waals surface area contributed by atoms with Crippen molar-refractivity contribution in [1.82, 2.24) is 15.3 Å². The van der Waals surface area contributed by atoms with Gasteiger partial charge in [-0.15, -0.1) is 0 Å². The largest absolute Gasteiger partial charge is 0.496 e. The van der Waals surface area contributed by atoms with Crippen molar-refractivity contribution in [3.63, 3.8) is 0 Å². The van der Waals surface area contributed by atoms with E-state index in [9.17, 15) is 0 Å². The number of ether oxygens (including phenoxy) is 1. The molecule has 6 heteroatoms. The minimum atomic E-state index is 0.413. The first-order valence-corrected chi connectivity index (χ1v) is 8.70. The van der Waals surface area contributed by atoms with Gasteiger partial charge < -0.3 is 20.7 Å². The van der Waals surface area contributed by atoms with Gasteiger partial charge in [0, 0.05) is 24.5 Å². The topological polar surface area (TPSA) is 71.1 Å². The number of hydrogen-bond acceptors (Lipinski definition) is 6. The van der Waals surface area contributed by atoms with E-state index in [0.717, 1.165) is 42.3 Å². The Balaban J connectivity index is 2.21. The minimum absolute atomic E-state index is 0.413. The molecule has 25 heavy (non-hydrogen) atoms. The first-order chi connectivity index (χ1) is 12.1. The summed E-state index contributed by atoms with van der Waals surface area (Å²) in [7, 11) is 5.55. The van der Waals surface area contributed by atoms with Crippen molar-refractivity contribution in [2.75, 3.05) is 38.4 Å². The molecule has 3 N–H and O–H groups in total. The van der Waals surface area contributed by atoms with Crippen LogP contribution in [0.3, 0.4) is 0 Å². The van der Waals surface area contributed by atoms with Crippen molar-refractivity contribution >= 4 is 17.5 Å². The Hall–Kier alpha value is -2.34. The molecule has 0 fully saturated rings. The van der Waals surface area contributed by atoms with E-state index in [-0.39, 0.29) is 0 Å². The summed E-state index contributed by atoms with van der Waals surface area (Å²) in [6, 6.07) is 8.04. The highest BCUT2D eigenvalue weighted by Gasteiger charge is 2.13. The standard InChI is InChI=1S/C19H29N5O/c1-13(7-6-10-20-3)16-12-15(8-9-17(16)25-5)23-19-22-14(2)11-18(21-4)24-19/h8-9,11-13,20H,6-7,10H2,1-5H3,(H2,21,22,23,24)/t13-/m0/s1. The van der Waals surface area contributed by atoms with Crippen molar-refractivity contribution in [2.24, 2.45) is 0 Å². The Morgan fingerprint density at radius 1 is 1.16 bits per heavy atom. The van der Waals surface area contributed by atoms with Crippen molar-refractivity contribution in [2.45, 2.75) is 32.6 Å². The van der Waals surface area contributed by atoms with Crippen LogP contribution in [0.1, 0.15) is 36.9 Å². The number of aromatic nitrogens is 2. The molecule has 136 valence electrons. The zero-order chi connectivity index (χ0) is 18.2. The second-order valence-corrected chi connectivity index (χ2v) is 6.20. The molecule has 2 rings (SSSR count). The summed E-state index contributed by atoms with van der Waals surface area (Å²) < 4.78 is 5.55. The Morgan fingerprint density at radius 2 is 1.96 bits per heavy atom. The number of nitrogens with zero attached hydrogens (tertiary/aromatic N) is 2. The van der Waals surface area contributed by atoms with Gasteiger partial charge in [0.1, 0.15) is 11.6 Å². The fraction of sp³-hybridized carbons (Fsp3) is 0.474. The van der Waals surface area contributed by atoms with Crippen LogP contribution < -0.4 is 20.7 Å². The Bertz CT molecular complexity index is 690. The zero-order valence-electron chi connectivity index (χ0n) is 15.8. The predicted octanol–water partition coefficient (Wildman–Crippen LogP) is 3.68. The molecular formula is C19H29N5O. The second kappa shape index (κ2) is 9.22. The van der Waals surface area contributed by atoms with Crippen molar-refractivity contribution in [3.05, 3.63) is 35.5 Å². The molecule has 0 aliphatic rings. The van der Waals surface area contributed by atoms with Gasteiger partial charge in [0.15, 0.2) is 0 Å². The van der Waals surface area contributed by atoms with Gasteiger partial charge in [0.05, 0.1) is 7.11 Å². The Labute approximate surface area is 150 Å². The van der Waals surface area contributed by atoms with E-state index in [1.165, 1.54) is 5.56 Å². The van der Waals surface area contributed by atoms with Crippen LogP contribution in [0.25, 0.3) is 0 Å². The van der Waals surface area contributed by atoms with Crippen molar-refractivity contribution < 1.29 is 4.74 Å². The molecule has 0 saturated heterocycles. The van der Waals surface area contributed by atoms with Gasteiger partial charge in [0.2, 0.25) is 5.95 Å². The van der Waals surface area contributed by atoms with E-state index in [1.807, 2.05) is 39.2 Å². The average Bonchev–Trinajstić information content (AvgIpc) is 2.61. The summed E-state index contributed by atoms with van der Waals surface area (Å²) >= 11 is 0. The third-order valence-electron chi connectivity index (χ3n) is 4.19. The molecule has 0 bridgehead atoms. The first-order valence-electron chi connectivity index (χ1n) is 8.70. The maximum atomic E-state index is 5.55. The normalized spacial score (nSPS) is 11.9. The summed E-state index contributed by atoms with van der Waals surface area (Å²) in [4.78, 5) is 8.91. The summed E-state index contributed by atoms with van der Waals surface area (Å²) in [6.45, 7) is 5.21. The highest BCUT2D eigenvalue weighted by atomic mass is 16.5. The molecule has 0 spiro atoms. The molecule has 1 aromatic heterocycles. The van der Waals surface area contributed by atoms with E-state index in [4.69, 9.17) is 4.74 Å². The second-order valence-electron chi connectivity index (χ2n) is 6.20. The molecule has 0 aliphatic carbocycles. The van der Waals surface area contributed by atoms with Crippen LogP contribution in [-0.2, 0) is 0 Å². The lowest BCUT2D eigenvalue weighted by Gasteiger charge is -2.17. The summed E-state index contributed by atoms with van der Waals surface area (Å²) in [5.74, 6) is 2.72. The van der Waals surface area contributed by atoms with E-state index < -0.39 is 0 Å². The van der Waals surface area contributed by atoms with Gasteiger partial charge in [-0.3, -0.25) is 0 Å². The van der Waals surface area contributed by atoms with Crippen LogP contribution in [0.15, 0.2) is 24.3 Å². The molecule has 2 aromatic rings. The number of methoxy groups -OCH3 is 1. The van der Waals surface area contributed by atoms with E-state index in [1.54, 1.807) is 7.11 Å². The molecule has 6 nitrogen and oxygen atoms in total. The number of hydrogen-bond donors (Lipinski definition) is 3. The smallest absolute Gasteiger partial charge is 0.229 e. The number of rotatable bonds is 9. The highest BCUT2D eigenvalue weighted by Crippen LogP contribution is 2.32. The average molecular weight is 343 g/mol. The van der Waals surface area contributed by atoms with Crippen LogP contribution in [0, 0.1) is 6.92 Å². The van der Waals surface area contributed by atoms with E-state index in [0.29, 0.717) is 11.9 Å². The molecule has 1 heterocycles. The molecule has 0 amide bonds. The molecule has 1 atom stereocenters.